The Labute approximate surface area is 90.9 Å². The molecule has 10 heteroatoms. The second-order valence-electron chi connectivity index (χ2n) is 2.74. The highest BCUT2D eigenvalue weighted by atomic mass is 19.4. The lowest BCUT2D eigenvalue weighted by molar-refractivity contribution is -0.199. The van der Waals surface area contributed by atoms with Crippen molar-refractivity contribution in [1.29, 1.82) is 0 Å². The predicted octanol–water partition coefficient (Wildman–Crippen LogP) is 1.16. The molecule has 0 saturated heterocycles. The van der Waals surface area contributed by atoms with Crippen molar-refractivity contribution in [3.05, 3.63) is 0 Å². The van der Waals surface area contributed by atoms with Gasteiger partial charge in [0.25, 0.3) is 0 Å². The van der Waals surface area contributed by atoms with E-state index in [0.29, 0.717) is 0 Å². The molecule has 1 amide bonds. The Morgan fingerprint density at radius 3 is 1.94 bits per heavy atom. The first-order valence-corrected chi connectivity index (χ1v) is 4.14. The fourth-order valence-electron chi connectivity index (χ4n) is 0.621. The van der Waals surface area contributed by atoms with Crippen LogP contribution in [0.2, 0.25) is 0 Å². The van der Waals surface area contributed by atoms with Crippen molar-refractivity contribution in [2.75, 3.05) is 13.2 Å². The van der Waals surface area contributed by atoms with Crippen LogP contribution in [0, 0.1) is 0 Å². The number of carbonyl (C=O) groups excluding carboxylic acids is 2. The maximum Gasteiger partial charge on any atom is 0.490 e. The van der Waals surface area contributed by atoms with E-state index in [-0.39, 0.29) is 6.42 Å². The molecule has 17 heavy (non-hydrogen) atoms. The zero-order valence-corrected chi connectivity index (χ0v) is 8.11. The fraction of sp³-hybridized carbons (Fsp3) is 0.714. The van der Waals surface area contributed by atoms with Gasteiger partial charge < -0.3 is 10.1 Å². The Hall–Kier alpha value is -1.48. The van der Waals surface area contributed by atoms with Crippen LogP contribution < -0.4 is 5.32 Å². The van der Waals surface area contributed by atoms with Crippen LogP contribution in [0.1, 0.15) is 6.42 Å². The molecule has 100 valence electrons. The number of carbonyl (C=O) groups is 2. The van der Waals surface area contributed by atoms with Gasteiger partial charge in [0.15, 0.2) is 0 Å². The van der Waals surface area contributed by atoms with Crippen LogP contribution in [0.3, 0.4) is 0 Å². The van der Waals surface area contributed by atoms with Crippen molar-refractivity contribution in [1.82, 2.24) is 5.32 Å². The highest BCUT2D eigenvalue weighted by Crippen LogP contribution is 2.16. The van der Waals surface area contributed by atoms with Crippen LogP contribution in [0.15, 0.2) is 0 Å². The molecule has 0 aliphatic carbocycles. The Kier molecular flexibility index (Phi) is 5.23. The van der Waals surface area contributed by atoms with Crippen LogP contribution in [-0.4, -0.2) is 37.4 Å². The second-order valence-corrected chi connectivity index (χ2v) is 2.74. The average Bonchev–Trinajstić information content (AvgIpc) is 2.13. The SMILES string of the molecule is O=C(NCCCOC(=O)C(F)(F)F)C(F)(F)F. The maximum atomic E-state index is 11.6. The summed E-state index contributed by atoms with van der Waals surface area (Å²) in [6.45, 7) is -1.29. The van der Waals surface area contributed by atoms with E-state index >= 15 is 0 Å². The van der Waals surface area contributed by atoms with Gasteiger partial charge in [-0.2, -0.15) is 26.3 Å². The van der Waals surface area contributed by atoms with Gasteiger partial charge in [-0.05, 0) is 6.42 Å². The molecule has 0 aliphatic heterocycles. The van der Waals surface area contributed by atoms with E-state index in [2.05, 4.69) is 4.74 Å². The van der Waals surface area contributed by atoms with Crippen LogP contribution in [0.5, 0.6) is 0 Å². The number of hydrogen-bond acceptors (Lipinski definition) is 3. The lowest BCUT2D eigenvalue weighted by Crippen LogP contribution is -2.37. The van der Waals surface area contributed by atoms with E-state index in [1.54, 1.807) is 0 Å². The van der Waals surface area contributed by atoms with Gasteiger partial charge in [-0.1, -0.05) is 0 Å². The van der Waals surface area contributed by atoms with Crippen LogP contribution in [0.25, 0.3) is 0 Å². The van der Waals surface area contributed by atoms with Crippen molar-refractivity contribution in [3.63, 3.8) is 0 Å². The molecule has 0 atom stereocenters. The number of hydrogen-bond donors (Lipinski definition) is 1. The molecule has 0 bridgehead atoms. The standard InChI is InChI=1S/C7H7F6NO3/c8-6(9,10)4(15)14-2-1-3-17-5(16)7(11,12)13/h1-3H2,(H,14,15). The van der Waals surface area contributed by atoms with Gasteiger partial charge in [0, 0.05) is 6.54 Å². The molecule has 0 aromatic carbocycles. The summed E-state index contributed by atoms with van der Waals surface area (Å²) in [6, 6.07) is 0. The van der Waals surface area contributed by atoms with E-state index < -0.39 is 37.4 Å². The van der Waals surface area contributed by atoms with Crippen molar-refractivity contribution in [3.8, 4) is 0 Å². The maximum absolute atomic E-state index is 11.6. The molecule has 0 saturated carbocycles. The highest BCUT2D eigenvalue weighted by Gasteiger charge is 2.41. The molecular formula is C7H7F6NO3. The van der Waals surface area contributed by atoms with Gasteiger partial charge >= 0.3 is 24.2 Å². The topological polar surface area (TPSA) is 55.4 Å². The van der Waals surface area contributed by atoms with Gasteiger partial charge in [0.2, 0.25) is 0 Å². The van der Waals surface area contributed by atoms with Gasteiger partial charge in [0.05, 0.1) is 6.61 Å². The van der Waals surface area contributed by atoms with Crippen LogP contribution in [0.4, 0.5) is 26.3 Å². The van der Waals surface area contributed by atoms with Crippen molar-refractivity contribution >= 4 is 11.9 Å². The normalized spacial score (nSPS) is 12.1. The Morgan fingerprint density at radius 2 is 1.53 bits per heavy atom. The predicted molar refractivity (Wildman–Crippen MR) is 40.7 cm³/mol. The summed E-state index contributed by atoms with van der Waals surface area (Å²) in [5.41, 5.74) is 0. The number of amides is 1. The summed E-state index contributed by atoms with van der Waals surface area (Å²) < 4.78 is 73.1. The van der Waals surface area contributed by atoms with Gasteiger partial charge in [-0.15, -0.1) is 0 Å². The summed E-state index contributed by atoms with van der Waals surface area (Å²) in [4.78, 5) is 20.3. The van der Waals surface area contributed by atoms with E-state index in [9.17, 15) is 35.9 Å². The minimum absolute atomic E-state index is 0.357. The summed E-state index contributed by atoms with van der Waals surface area (Å²) in [5, 5.41) is 1.40. The summed E-state index contributed by atoms with van der Waals surface area (Å²) in [7, 11) is 0. The first kappa shape index (κ1) is 15.5. The number of alkyl halides is 6. The van der Waals surface area contributed by atoms with Crippen LogP contribution in [-0.2, 0) is 14.3 Å². The smallest absolute Gasteiger partial charge is 0.459 e. The van der Waals surface area contributed by atoms with Crippen molar-refractivity contribution in [2.45, 2.75) is 18.8 Å². The molecule has 0 heterocycles. The lowest BCUT2D eigenvalue weighted by Gasteiger charge is -2.09. The van der Waals surface area contributed by atoms with Crippen LogP contribution >= 0.6 is 0 Å². The molecule has 0 radical (unpaired) electrons. The molecular weight excluding hydrogens is 260 g/mol. The van der Waals surface area contributed by atoms with E-state index in [4.69, 9.17) is 0 Å². The van der Waals surface area contributed by atoms with E-state index in [1.807, 2.05) is 0 Å². The highest BCUT2D eigenvalue weighted by molar-refractivity contribution is 5.81. The number of halogens is 6. The number of rotatable bonds is 4. The number of nitrogens with one attached hydrogen (secondary N) is 1. The quantitative estimate of drug-likeness (QED) is 0.472. The Bertz CT molecular complexity index is 256. The second kappa shape index (κ2) is 5.73. The number of esters is 1. The molecule has 0 aliphatic rings. The Morgan fingerprint density at radius 1 is 1.00 bits per heavy atom. The van der Waals surface area contributed by atoms with E-state index in [1.165, 1.54) is 5.32 Å². The largest absolute Gasteiger partial charge is 0.490 e. The minimum atomic E-state index is -5.14. The number of ether oxygens (including phenoxy) is 1. The molecule has 0 unspecified atom stereocenters. The Balaban J connectivity index is 3.68. The third kappa shape index (κ3) is 6.64. The summed E-state index contributed by atoms with van der Waals surface area (Å²) in [6.07, 6.45) is -10.6. The molecule has 4 nitrogen and oxygen atoms in total. The monoisotopic (exact) mass is 267 g/mol. The van der Waals surface area contributed by atoms with Crippen molar-refractivity contribution in [2.24, 2.45) is 0 Å². The molecule has 0 aromatic heterocycles. The zero-order valence-electron chi connectivity index (χ0n) is 8.11. The third-order valence-corrected chi connectivity index (χ3v) is 1.33. The zero-order chi connectivity index (χ0) is 13.7. The lowest BCUT2D eigenvalue weighted by atomic mass is 10.4. The molecule has 1 N–H and O–H groups in total. The van der Waals surface area contributed by atoms with E-state index in [0.717, 1.165) is 0 Å². The molecule has 0 fully saturated rings. The summed E-state index contributed by atoms with van der Waals surface area (Å²) >= 11 is 0. The summed E-state index contributed by atoms with van der Waals surface area (Å²) in [5.74, 6) is -4.64. The molecule has 0 spiro atoms. The third-order valence-electron chi connectivity index (χ3n) is 1.33. The first-order chi connectivity index (χ1) is 7.55. The van der Waals surface area contributed by atoms with Gasteiger partial charge in [-0.3, -0.25) is 4.79 Å². The van der Waals surface area contributed by atoms with Gasteiger partial charge in [-0.25, -0.2) is 4.79 Å². The minimum Gasteiger partial charge on any atom is -0.459 e. The fourth-order valence-corrected chi connectivity index (χ4v) is 0.621. The van der Waals surface area contributed by atoms with Gasteiger partial charge in [0.1, 0.15) is 0 Å². The molecule has 0 rings (SSSR count). The first-order valence-electron chi connectivity index (χ1n) is 4.14. The average molecular weight is 267 g/mol. The van der Waals surface area contributed by atoms with Crippen molar-refractivity contribution < 1.29 is 40.7 Å². The molecule has 0 aromatic rings.